The van der Waals surface area contributed by atoms with Crippen LogP contribution in [0.4, 0.5) is 8.78 Å². The highest BCUT2D eigenvalue weighted by molar-refractivity contribution is 6.50. The van der Waals surface area contributed by atoms with Crippen LogP contribution in [0.15, 0.2) is 28.1 Å². The number of benzene rings is 1. The highest BCUT2D eigenvalue weighted by Crippen LogP contribution is 2.37. The van der Waals surface area contributed by atoms with Crippen LogP contribution in [-0.4, -0.2) is 45.2 Å². The van der Waals surface area contributed by atoms with Crippen molar-refractivity contribution >= 4 is 40.6 Å². The fourth-order valence-corrected chi connectivity index (χ4v) is 3.57. The summed E-state index contributed by atoms with van der Waals surface area (Å²) in [6.07, 6.45) is -3.41. The number of Topliss-reactive ketones (excluding diaryl/α,β-unsaturated/α-hetero) is 1. The van der Waals surface area contributed by atoms with Gasteiger partial charge >= 0.3 is 0 Å². The molecule has 0 bridgehead atoms. The summed E-state index contributed by atoms with van der Waals surface area (Å²) in [5.41, 5.74) is 0.132. The molecule has 2 aromatic rings. The molecule has 0 saturated carbocycles. The lowest BCUT2D eigenvalue weighted by molar-refractivity contribution is -0.136. The van der Waals surface area contributed by atoms with Crippen LogP contribution in [0.5, 0.6) is 11.6 Å². The minimum absolute atomic E-state index is 0.0120. The lowest BCUT2D eigenvalue weighted by atomic mass is 10.0. The van der Waals surface area contributed by atoms with Gasteiger partial charge in [-0.15, -0.1) is 5.10 Å². The molecule has 1 aliphatic heterocycles. The molecule has 0 radical (unpaired) electrons. The van der Waals surface area contributed by atoms with Gasteiger partial charge in [-0.2, -0.15) is 5.10 Å². The predicted molar refractivity (Wildman–Crippen MR) is 114 cm³/mol. The SMILES string of the molecule is CC(C)c1cc(Oc2c(Cl)cc(C3=NN(CC(F)F)C(=O)CC3=O)cc2Cl)nn(C)c1=O. The molecular formula is C20H18Cl2F2N4O4. The van der Waals surface area contributed by atoms with Crippen LogP contribution in [-0.2, 0) is 16.6 Å². The molecule has 1 amide bonds. The Hall–Kier alpha value is -2.85. The third kappa shape index (κ3) is 4.97. The van der Waals surface area contributed by atoms with Crippen LogP contribution in [0.1, 0.15) is 37.3 Å². The maximum atomic E-state index is 12.7. The van der Waals surface area contributed by atoms with Crippen molar-refractivity contribution in [3.8, 4) is 11.6 Å². The van der Waals surface area contributed by atoms with Crippen molar-refractivity contribution in [2.75, 3.05) is 6.54 Å². The second-order valence-corrected chi connectivity index (χ2v) is 8.12. The molecular weight excluding hydrogens is 469 g/mol. The summed E-state index contributed by atoms with van der Waals surface area (Å²) in [6, 6.07) is 4.12. The largest absolute Gasteiger partial charge is 0.434 e. The molecule has 1 aromatic carbocycles. The third-order valence-corrected chi connectivity index (χ3v) is 5.13. The van der Waals surface area contributed by atoms with Crippen molar-refractivity contribution in [2.45, 2.75) is 32.6 Å². The molecule has 3 rings (SSSR count). The summed E-state index contributed by atoms with van der Waals surface area (Å²) < 4.78 is 32.2. The van der Waals surface area contributed by atoms with E-state index in [-0.39, 0.29) is 44.4 Å². The molecule has 0 fully saturated rings. The van der Waals surface area contributed by atoms with Gasteiger partial charge in [0.1, 0.15) is 12.3 Å². The molecule has 0 spiro atoms. The van der Waals surface area contributed by atoms with E-state index in [1.54, 1.807) is 0 Å². The average molecular weight is 487 g/mol. The fraction of sp³-hybridized carbons (Fsp3) is 0.350. The fourth-order valence-electron chi connectivity index (χ4n) is 3.00. The highest BCUT2D eigenvalue weighted by Gasteiger charge is 2.31. The van der Waals surface area contributed by atoms with E-state index in [9.17, 15) is 23.2 Å². The van der Waals surface area contributed by atoms with Crippen molar-refractivity contribution in [3.63, 3.8) is 0 Å². The number of ether oxygens (including phenoxy) is 1. The lowest BCUT2D eigenvalue weighted by Crippen LogP contribution is -2.39. The molecule has 0 saturated heterocycles. The van der Waals surface area contributed by atoms with E-state index in [4.69, 9.17) is 27.9 Å². The van der Waals surface area contributed by atoms with Gasteiger partial charge in [-0.25, -0.2) is 18.5 Å². The summed E-state index contributed by atoms with van der Waals surface area (Å²) >= 11 is 12.6. The maximum absolute atomic E-state index is 12.7. The average Bonchev–Trinajstić information content (AvgIpc) is 2.68. The van der Waals surface area contributed by atoms with Gasteiger partial charge in [0.05, 0.1) is 16.5 Å². The van der Waals surface area contributed by atoms with E-state index in [0.29, 0.717) is 10.6 Å². The Bertz CT molecular complexity index is 1160. The summed E-state index contributed by atoms with van der Waals surface area (Å²) in [5.74, 6) is -1.46. The number of hydrogen-bond donors (Lipinski definition) is 0. The molecule has 1 aliphatic rings. The first-order valence-corrected chi connectivity index (χ1v) is 10.2. The number of carbonyl (C=O) groups excluding carboxylic acids is 2. The van der Waals surface area contributed by atoms with Crippen LogP contribution in [0.25, 0.3) is 0 Å². The Kier molecular flexibility index (Phi) is 6.94. The molecule has 12 heteroatoms. The predicted octanol–water partition coefficient (Wildman–Crippen LogP) is 3.77. The number of ketones is 1. The van der Waals surface area contributed by atoms with Crippen LogP contribution in [0.3, 0.4) is 0 Å². The number of hydrogen-bond acceptors (Lipinski definition) is 6. The number of rotatable bonds is 6. The standard InChI is InChI=1S/C20H18Cl2F2N4O4/c1-9(2)11-6-16(25-27(3)20(11)31)32-19-12(21)4-10(5-13(19)22)18-14(29)7-17(30)28(26-18)8-15(23)24/h4-6,9,15H,7-8H2,1-3H3. The second kappa shape index (κ2) is 9.33. The summed E-state index contributed by atoms with van der Waals surface area (Å²) in [5, 5.41) is 8.33. The van der Waals surface area contributed by atoms with Crippen LogP contribution >= 0.6 is 23.2 Å². The molecule has 0 N–H and O–H groups in total. The minimum atomic E-state index is -2.81. The number of nitrogens with zero attached hydrogens (tertiary/aromatic N) is 4. The Morgan fingerprint density at radius 1 is 1.12 bits per heavy atom. The first-order chi connectivity index (χ1) is 15.0. The van der Waals surface area contributed by atoms with Gasteiger partial charge in [0.2, 0.25) is 5.88 Å². The van der Waals surface area contributed by atoms with E-state index in [0.717, 1.165) is 4.68 Å². The topological polar surface area (TPSA) is 93.9 Å². The van der Waals surface area contributed by atoms with Gasteiger partial charge in [-0.1, -0.05) is 37.0 Å². The van der Waals surface area contributed by atoms with E-state index in [1.165, 1.54) is 25.2 Å². The second-order valence-electron chi connectivity index (χ2n) is 7.31. The van der Waals surface area contributed by atoms with Crippen molar-refractivity contribution in [1.82, 2.24) is 14.8 Å². The number of hydrazone groups is 1. The molecule has 1 aromatic heterocycles. The van der Waals surface area contributed by atoms with Gasteiger partial charge in [0.25, 0.3) is 17.9 Å². The zero-order valence-electron chi connectivity index (χ0n) is 17.2. The van der Waals surface area contributed by atoms with Gasteiger partial charge in [-0.05, 0) is 18.1 Å². The molecule has 0 atom stereocenters. The summed E-state index contributed by atoms with van der Waals surface area (Å²) in [6.45, 7) is 2.76. The molecule has 0 unspecified atom stereocenters. The highest BCUT2D eigenvalue weighted by atomic mass is 35.5. The van der Waals surface area contributed by atoms with Gasteiger partial charge in [0.15, 0.2) is 11.5 Å². The van der Waals surface area contributed by atoms with Crippen LogP contribution in [0, 0.1) is 0 Å². The zero-order valence-corrected chi connectivity index (χ0v) is 18.7. The summed E-state index contributed by atoms with van der Waals surface area (Å²) in [4.78, 5) is 36.3. The Morgan fingerprint density at radius 2 is 1.75 bits per heavy atom. The third-order valence-electron chi connectivity index (χ3n) is 4.56. The first kappa shape index (κ1) is 23.8. The number of amides is 1. The monoisotopic (exact) mass is 486 g/mol. The van der Waals surface area contributed by atoms with E-state index in [1.807, 2.05) is 13.8 Å². The maximum Gasteiger partial charge on any atom is 0.270 e. The number of alkyl halides is 2. The molecule has 8 nitrogen and oxygen atoms in total. The summed E-state index contributed by atoms with van der Waals surface area (Å²) in [7, 11) is 1.48. The Labute approximate surface area is 191 Å². The zero-order chi connectivity index (χ0) is 23.7. The smallest absolute Gasteiger partial charge is 0.270 e. The molecule has 0 aliphatic carbocycles. The van der Waals surface area contributed by atoms with Crippen LogP contribution < -0.4 is 10.3 Å². The van der Waals surface area contributed by atoms with Crippen molar-refractivity contribution in [2.24, 2.45) is 12.1 Å². The Balaban J connectivity index is 1.98. The molecule has 170 valence electrons. The van der Waals surface area contributed by atoms with Gasteiger partial charge < -0.3 is 4.74 Å². The van der Waals surface area contributed by atoms with Crippen LogP contribution in [0.2, 0.25) is 10.0 Å². The minimum Gasteiger partial charge on any atom is -0.434 e. The van der Waals surface area contributed by atoms with Crippen molar-refractivity contribution in [1.29, 1.82) is 0 Å². The van der Waals surface area contributed by atoms with Crippen molar-refractivity contribution < 1.29 is 23.1 Å². The van der Waals surface area contributed by atoms with E-state index >= 15 is 0 Å². The van der Waals surface area contributed by atoms with Crippen molar-refractivity contribution in [3.05, 3.63) is 49.7 Å². The molecule has 32 heavy (non-hydrogen) atoms. The molecule has 2 heterocycles. The number of carbonyl (C=O) groups is 2. The van der Waals surface area contributed by atoms with E-state index < -0.39 is 31.1 Å². The number of halogens is 4. The Morgan fingerprint density at radius 3 is 2.31 bits per heavy atom. The first-order valence-electron chi connectivity index (χ1n) is 9.43. The van der Waals surface area contributed by atoms with E-state index in [2.05, 4.69) is 10.2 Å². The van der Waals surface area contributed by atoms with Gasteiger partial charge in [-0.3, -0.25) is 14.4 Å². The quantitative estimate of drug-likeness (QED) is 0.579. The van der Waals surface area contributed by atoms with Gasteiger partial charge in [0, 0.05) is 24.2 Å². The lowest BCUT2D eigenvalue weighted by Gasteiger charge is -2.22. The number of aromatic nitrogens is 2. The number of aryl methyl sites for hydroxylation is 1. The normalized spacial score (nSPS) is 14.4.